The van der Waals surface area contributed by atoms with Crippen LogP contribution in [0.25, 0.3) is 0 Å². The summed E-state index contributed by atoms with van der Waals surface area (Å²) in [6, 6.07) is -1.52. The molecule has 12 heteroatoms. The molecule has 0 radical (unpaired) electrons. The van der Waals surface area contributed by atoms with Crippen molar-refractivity contribution >= 4 is 25.7 Å². The van der Waals surface area contributed by atoms with E-state index in [1.54, 1.807) is 0 Å². The quantitative estimate of drug-likeness (QED) is 0.0237. The molecule has 1 unspecified atom stereocenters. The standard InChI is InChI=1S/C39H74NO10P/c1-3-5-7-9-11-13-15-16-17-18-19-20-21-23-25-27-29-31-38(42)50-35(33-48-51(45,46)49-34-36(40)39(43)44)32-47-37(41)30-28-26-24-22-14-12-10-8-6-4-2/h16-17,35-36H,3-15,18-34,40H2,1-2H3,(H,43,44)(H,45,46)/b17-16+/t35-,36-/m0/s1. The smallest absolute Gasteiger partial charge is 0.472 e. The van der Waals surface area contributed by atoms with E-state index in [2.05, 4.69) is 30.5 Å². The van der Waals surface area contributed by atoms with E-state index < -0.39 is 51.1 Å². The third-order valence-electron chi connectivity index (χ3n) is 8.76. The van der Waals surface area contributed by atoms with Crippen molar-refractivity contribution in [1.29, 1.82) is 0 Å². The Balaban J connectivity index is 4.37. The number of aliphatic carboxylic acids is 1. The molecule has 300 valence electrons. The van der Waals surface area contributed by atoms with Crippen LogP contribution in [0.2, 0.25) is 0 Å². The molecule has 0 aromatic heterocycles. The molecule has 0 amide bonds. The minimum Gasteiger partial charge on any atom is -0.480 e. The summed E-state index contributed by atoms with van der Waals surface area (Å²) in [7, 11) is -4.70. The Morgan fingerprint density at radius 2 is 0.980 bits per heavy atom. The number of allylic oxidation sites excluding steroid dienone is 2. The zero-order valence-electron chi connectivity index (χ0n) is 32.2. The Hall–Kier alpha value is -1.78. The molecule has 0 bridgehead atoms. The van der Waals surface area contributed by atoms with Gasteiger partial charge in [0, 0.05) is 12.8 Å². The van der Waals surface area contributed by atoms with Gasteiger partial charge in [-0.3, -0.25) is 23.4 Å². The topological polar surface area (TPSA) is 172 Å². The first-order valence-corrected chi connectivity index (χ1v) is 21.7. The molecule has 11 nitrogen and oxygen atoms in total. The van der Waals surface area contributed by atoms with Crippen LogP contribution in [0.1, 0.15) is 187 Å². The molecule has 0 aromatic rings. The number of rotatable bonds is 38. The lowest BCUT2D eigenvalue weighted by Gasteiger charge is -2.20. The summed E-state index contributed by atoms with van der Waals surface area (Å²) in [5.74, 6) is -2.38. The van der Waals surface area contributed by atoms with Gasteiger partial charge in [0.05, 0.1) is 13.2 Å². The maximum atomic E-state index is 12.6. The molecular weight excluding hydrogens is 673 g/mol. The van der Waals surface area contributed by atoms with Crippen LogP contribution in [-0.4, -0.2) is 59.9 Å². The molecule has 51 heavy (non-hydrogen) atoms. The van der Waals surface area contributed by atoms with Crippen LogP contribution in [-0.2, 0) is 37.5 Å². The third kappa shape index (κ3) is 35.0. The van der Waals surface area contributed by atoms with Gasteiger partial charge < -0.3 is 25.2 Å². The van der Waals surface area contributed by atoms with E-state index in [-0.39, 0.29) is 19.4 Å². The maximum absolute atomic E-state index is 12.6. The van der Waals surface area contributed by atoms with E-state index in [9.17, 15) is 23.8 Å². The number of nitrogens with two attached hydrogens (primary N) is 1. The minimum absolute atomic E-state index is 0.160. The number of phosphoric ester groups is 1. The van der Waals surface area contributed by atoms with Gasteiger partial charge in [-0.1, -0.05) is 148 Å². The first-order valence-electron chi connectivity index (χ1n) is 20.2. The lowest BCUT2D eigenvalue weighted by molar-refractivity contribution is -0.161. The van der Waals surface area contributed by atoms with Gasteiger partial charge in [0.2, 0.25) is 0 Å². The fourth-order valence-corrected chi connectivity index (χ4v) is 6.31. The maximum Gasteiger partial charge on any atom is 0.472 e. The number of carbonyl (C=O) groups excluding carboxylic acids is 2. The Morgan fingerprint density at radius 1 is 0.588 bits per heavy atom. The monoisotopic (exact) mass is 748 g/mol. The zero-order chi connectivity index (χ0) is 37.8. The molecule has 0 saturated carbocycles. The number of hydrogen-bond acceptors (Lipinski definition) is 9. The van der Waals surface area contributed by atoms with Crippen molar-refractivity contribution in [3.63, 3.8) is 0 Å². The van der Waals surface area contributed by atoms with E-state index >= 15 is 0 Å². The van der Waals surface area contributed by atoms with E-state index in [0.29, 0.717) is 12.8 Å². The fraction of sp³-hybridized carbons (Fsp3) is 0.872. The second kappa shape index (κ2) is 35.3. The summed E-state index contributed by atoms with van der Waals surface area (Å²) in [5.41, 5.74) is 5.32. The Bertz CT molecular complexity index is 932. The highest BCUT2D eigenvalue weighted by Crippen LogP contribution is 2.43. The number of unbranched alkanes of at least 4 members (excludes halogenated alkanes) is 22. The van der Waals surface area contributed by atoms with Gasteiger partial charge in [0.25, 0.3) is 0 Å². The minimum atomic E-state index is -4.70. The summed E-state index contributed by atoms with van der Waals surface area (Å²) < 4.78 is 32.6. The summed E-state index contributed by atoms with van der Waals surface area (Å²) in [5, 5.41) is 8.86. The van der Waals surface area contributed by atoms with E-state index in [1.165, 1.54) is 103 Å². The third-order valence-corrected chi connectivity index (χ3v) is 9.71. The van der Waals surface area contributed by atoms with Crippen LogP contribution in [0.4, 0.5) is 0 Å². The number of carboxylic acid groups (broad SMARTS) is 1. The number of esters is 2. The van der Waals surface area contributed by atoms with E-state index in [0.717, 1.165) is 44.9 Å². The molecule has 4 N–H and O–H groups in total. The molecular formula is C39H74NO10P. The van der Waals surface area contributed by atoms with E-state index in [4.69, 9.17) is 24.8 Å². The molecule has 0 spiro atoms. The van der Waals surface area contributed by atoms with Crippen molar-refractivity contribution in [2.24, 2.45) is 5.73 Å². The first-order chi connectivity index (χ1) is 24.6. The molecule has 0 rings (SSSR count). The highest BCUT2D eigenvalue weighted by atomic mass is 31.2. The van der Waals surface area contributed by atoms with Crippen LogP contribution >= 0.6 is 7.82 Å². The number of hydrogen-bond donors (Lipinski definition) is 3. The molecule has 0 saturated heterocycles. The van der Waals surface area contributed by atoms with Gasteiger partial charge in [-0.15, -0.1) is 0 Å². The van der Waals surface area contributed by atoms with Crippen molar-refractivity contribution in [3.05, 3.63) is 12.2 Å². The summed E-state index contributed by atoms with van der Waals surface area (Å²) in [4.78, 5) is 45.7. The van der Waals surface area contributed by atoms with Crippen LogP contribution in [0.15, 0.2) is 12.2 Å². The van der Waals surface area contributed by atoms with Crippen molar-refractivity contribution in [2.75, 3.05) is 19.8 Å². The first kappa shape index (κ1) is 49.2. The van der Waals surface area contributed by atoms with Crippen molar-refractivity contribution in [1.82, 2.24) is 0 Å². The normalized spacial score (nSPS) is 14.0. The van der Waals surface area contributed by atoms with Crippen molar-refractivity contribution in [2.45, 2.75) is 199 Å². The highest BCUT2D eigenvalue weighted by Gasteiger charge is 2.28. The summed E-state index contributed by atoms with van der Waals surface area (Å²) >= 11 is 0. The van der Waals surface area contributed by atoms with Crippen LogP contribution in [0, 0.1) is 0 Å². The highest BCUT2D eigenvalue weighted by molar-refractivity contribution is 7.47. The van der Waals surface area contributed by atoms with Crippen molar-refractivity contribution in [3.8, 4) is 0 Å². The number of ether oxygens (including phenoxy) is 2. The molecule has 3 atom stereocenters. The Kier molecular flexibility index (Phi) is 34.0. The second-order valence-electron chi connectivity index (χ2n) is 13.8. The predicted octanol–water partition coefficient (Wildman–Crippen LogP) is 10.1. The zero-order valence-corrected chi connectivity index (χ0v) is 33.1. The summed E-state index contributed by atoms with van der Waals surface area (Å²) in [6.07, 6.45) is 32.8. The van der Waals surface area contributed by atoms with Crippen LogP contribution < -0.4 is 5.73 Å². The van der Waals surface area contributed by atoms with Gasteiger partial charge in [-0.2, -0.15) is 0 Å². The fourth-order valence-electron chi connectivity index (χ4n) is 5.53. The molecule has 0 fully saturated rings. The SMILES string of the molecule is CCCCCCCC/C=C/CCCCCCCCCC(=O)O[C@@H](COC(=O)CCCCCCCCCCCC)COP(=O)(O)OC[C@H](N)C(=O)O. The number of carbonyl (C=O) groups is 3. The molecule has 0 aliphatic heterocycles. The lowest BCUT2D eigenvalue weighted by Crippen LogP contribution is -2.34. The molecule has 0 aromatic carbocycles. The van der Waals surface area contributed by atoms with Crippen molar-refractivity contribution < 1.29 is 47.5 Å². The summed E-state index contributed by atoms with van der Waals surface area (Å²) in [6.45, 7) is 2.78. The lowest BCUT2D eigenvalue weighted by atomic mass is 10.1. The van der Waals surface area contributed by atoms with Gasteiger partial charge in [0.1, 0.15) is 12.6 Å². The predicted molar refractivity (Wildman–Crippen MR) is 203 cm³/mol. The average molecular weight is 748 g/mol. The van der Waals surface area contributed by atoms with Gasteiger partial charge in [0.15, 0.2) is 6.10 Å². The average Bonchev–Trinajstić information content (AvgIpc) is 3.10. The number of phosphoric acid groups is 1. The largest absolute Gasteiger partial charge is 0.480 e. The van der Waals surface area contributed by atoms with Gasteiger partial charge >= 0.3 is 25.7 Å². The van der Waals surface area contributed by atoms with Gasteiger partial charge in [-0.25, -0.2) is 4.57 Å². The van der Waals surface area contributed by atoms with Gasteiger partial charge in [-0.05, 0) is 38.5 Å². The van der Waals surface area contributed by atoms with E-state index in [1.807, 2.05) is 0 Å². The Morgan fingerprint density at radius 3 is 1.43 bits per heavy atom. The number of carboxylic acids is 1. The Labute approximate surface area is 309 Å². The second-order valence-corrected chi connectivity index (χ2v) is 15.2. The van der Waals surface area contributed by atoms with Crippen LogP contribution in [0.3, 0.4) is 0 Å². The van der Waals surface area contributed by atoms with Crippen LogP contribution in [0.5, 0.6) is 0 Å². The molecule has 0 heterocycles. The molecule has 0 aliphatic carbocycles. The molecule has 0 aliphatic rings.